The number of benzene rings is 5. The number of hydrogen-bond donors (Lipinski definition) is 0. The van der Waals surface area contributed by atoms with Crippen LogP contribution in [-0.4, -0.2) is 15.1 Å². The van der Waals surface area contributed by atoms with Gasteiger partial charge in [-0.05, 0) is 139 Å². The van der Waals surface area contributed by atoms with E-state index in [9.17, 15) is 0 Å². The highest BCUT2D eigenvalue weighted by Crippen LogP contribution is 2.64. The van der Waals surface area contributed by atoms with Gasteiger partial charge in [0, 0.05) is 29.1 Å². The molecule has 53 heavy (non-hydrogen) atoms. The molecule has 0 radical (unpaired) electrons. The number of pyridine rings is 1. The molecule has 4 heteroatoms. The maximum Gasteiger partial charge on any atom is 0.143 e. The summed E-state index contributed by atoms with van der Waals surface area (Å²) in [6, 6.07) is 47.0. The van der Waals surface area contributed by atoms with Crippen LogP contribution in [0.4, 0.5) is 0 Å². The smallest absolute Gasteiger partial charge is 0.143 e. The first-order valence-corrected chi connectivity index (χ1v) is 19.0. The lowest BCUT2D eigenvalue weighted by molar-refractivity contribution is 0.782. The van der Waals surface area contributed by atoms with E-state index in [0.717, 1.165) is 40.4 Å². The fourth-order valence-corrected chi connectivity index (χ4v) is 10.1. The Kier molecular flexibility index (Phi) is 6.68. The standard InChI is InChI=1S/C49H33N3S/c1-31-38-8-4-7-13-47(38)53-52-30-37(20-23-48(52)51-31)33-16-14-32(15-17-33)35-18-21-41-42-22-19-36(34-24-26-50-27-25-34)29-46(42)49(45(41)28-35)43-11-5-2-9-39(43)40-10-3-6-12-44(40)49/h2-18,20-21,23-30H,1,19,22H2. The van der Waals surface area contributed by atoms with Gasteiger partial charge in [-0.3, -0.25) is 9.29 Å². The van der Waals surface area contributed by atoms with Crippen LogP contribution in [0.3, 0.4) is 0 Å². The lowest BCUT2D eigenvalue weighted by Crippen LogP contribution is -2.27. The SMILES string of the molecule is C=C1N=C2C=CC(c3ccc(-c4ccc5c(c4)C4(C6=C5CCC(c5ccncc5)=C6)c5ccccc5-c5ccccc54)cc3)=CN2Sc2ccccc21. The van der Waals surface area contributed by atoms with Gasteiger partial charge in [0.25, 0.3) is 0 Å². The maximum atomic E-state index is 4.84. The van der Waals surface area contributed by atoms with Gasteiger partial charge < -0.3 is 0 Å². The van der Waals surface area contributed by atoms with Crippen molar-refractivity contribution in [2.45, 2.75) is 23.2 Å². The van der Waals surface area contributed by atoms with Crippen LogP contribution < -0.4 is 0 Å². The van der Waals surface area contributed by atoms with Gasteiger partial charge >= 0.3 is 0 Å². The molecule has 0 bridgehead atoms. The summed E-state index contributed by atoms with van der Waals surface area (Å²) in [6.07, 6.45) is 14.8. The highest BCUT2D eigenvalue weighted by molar-refractivity contribution is 7.97. The number of aromatic nitrogens is 1. The van der Waals surface area contributed by atoms with Gasteiger partial charge in [0.1, 0.15) is 5.84 Å². The monoisotopic (exact) mass is 695 g/mol. The molecule has 1 spiro atoms. The third kappa shape index (κ3) is 4.49. The van der Waals surface area contributed by atoms with Crippen LogP contribution in [0, 0.1) is 0 Å². The molecular weight excluding hydrogens is 663 g/mol. The molecular formula is C49H33N3S. The van der Waals surface area contributed by atoms with Crippen LogP contribution >= 0.6 is 11.9 Å². The summed E-state index contributed by atoms with van der Waals surface area (Å²) in [4.78, 5) is 10.3. The Hall–Kier alpha value is -6.23. The number of fused-ring (bicyclic) bond motifs is 11. The first kappa shape index (κ1) is 30.4. The van der Waals surface area contributed by atoms with E-state index in [4.69, 9.17) is 4.99 Å². The molecule has 3 heterocycles. The molecule has 0 atom stereocenters. The number of hydrogen-bond acceptors (Lipinski definition) is 4. The third-order valence-corrected chi connectivity index (χ3v) is 12.6. The van der Waals surface area contributed by atoms with Gasteiger partial charge in [-0.2, -0.15) is 0 Å². The summed E-state index contributed by atoms with van der Waals surface area (Å²) >= 11 is 1.69. The number of nitrogens with zero attached hydrogens (tertiary/aromatic N) is 3. The Morgan fingerprint density at radius 3 is 2.06 bits per heavy atom. The second-order valence-electron chi connectivity index (χ2n) is 14.2. The zero-order valence-corrected chi connectivity index (χ0v) is 29.8. The van der Waals surface area contributed by atoms with E-state index in [1.54, 1.807) is 11.9 Å². The minimum atomic E-state index is -0.377. The molecule has 0 saturated carbocycles. The van der Waals surface area contributed by atoms with Crippen molar-refractivity contribution in [2.75, 3.05) is 0 Å². The molecule has 2 aliphatic heterocycles. The van der Waals surface area contributed by atoms with Crippen LogP contribution in [0.5, 0.6) is 0 Å². The fourth-order valence-electron chi connectivity index (χ4n) is 9.14. The topological polar surface area (TPSA) is 28.5 Å². The van der Waals surface area contributed by atoms with Gasteiger partial charge in [0.05, 0.1) is 11.1 Å². The summed E-state index contributed by atoms with van der Waals surface area (Å²) in [5.41, 5.74) is 20.0. The summed E-state index contributed by atoms with van der Waals surface area (Å²) < 4.78 is 2.15. The fraction of sp³-hybridized carbons (Fsp3) is 0.0612. The van der Waals surface area contributed by atoms with Crippen LogP contribution in [0.2, 0.25) is 0 Å². The van der Waals surface area contributed by atoms with Gasteiger partial charge in [0.2, 0.25) is 0 Å². The quantitative estimate of drug-likeness (QED) is 0.173. The van der Waals surface area contributed by atoms with Crippen molar-refractivity contribution in [1.82, 2.24) is 9.29 Å². The molecule has 3 nitrogen and oxygen atoms in total. The first-order chi connectivity index (χ1) is 26.2. The minimum Gasteiger partial charge on any atom is -0.271 e. The van der Waals surface area contributed by atoms with Crippen molar-refractivity contribution in [3.8, 4) is 22.3 Å². The Labute approximate surface area is 313 Å². The second kappa shape index (κ2) is 11.6. The molecule has 250 valence electrons. The molecule has 3 aliphatic carbocycles. The van der Waals surface area contributed by atoms with E-state index in [1.807, 2.05) is 18.5 Å². The first-order valence-electron chi connectivity index (χ1n) is 18.2. The Balaban J connectivity index is 1.01. The number of aliphatic imine (C=N–C) groups is 1. The molecule has 0 unspecified atom stereocenters. The maximum absolute atomic E-state index is 4.84. The van der Waals surface area contributed by atoms with E-state index in [0.29, 0.717) is 0 Å². The van der Waals surface area contributed by atoms with E-state index < -0.39 is 0 Å². The summed E-state index contributed by atoms with van der Waals surface area (Å²) in [5.74, 6) is 0.887. The van der Waals surface area contributed by atoms with Crippen LogP contribution in [0.25, 0.3) is 44.7 Å². The van der Waals surface area contributed by atoms with Gasteiger partial charge in [-0.25, -0.2) is 4.99 Å². The normalized spacial score (nSPS) is 17.2. The largest absolute Gasteiger partial charge is 0.271 e. The number of allylic oxidation sites excluding steroid dienone is 6. The van der Waals surface area contributed by atoms with Crippen molar-refractivity contribution >= 4 is 40.2 Å². The van der Waals surface area contributed by atoms with Crippen molar-refractivity contribution < 1.29 is 0 Å². The van der Waals surface area contributed by atoms with Crippen molar-refractivity contribution in [3.05, 3.63) is 215 Å². The zero-order chi connectivity index (χ0) is 35.1. The van der Waals surface area contributed by atoms with E-state index >= 15 is 0 Å². The minimum absolute atomic E-state index is 0.377. The van der Waals surface area contributed by atoms with E-state index in [-0.39, 0.29) is 5.41 Å². The molecule has 1 aromatic heterocycles. The van der Waals surface area contributed by atoms with Gasteiger partial charge in [-0.1, -0.05) is 116 Å². The lowest BCUT2D eigenvalue weighted by atomic mass is 9.68. The summed E-state index contributed by atoms with van der Waals surface area (Å²) in [7, 11) is 0. The van der Waals surface area contributed by atoms with Crippen molar-refractivity contribution in [2.24, 2.45) is 4.99 Å². The molecule has 0 amide bonds. The zero-order valence-electron chi connectivity index (χ0n) is 29.0. The summed E-state index contributed by atoms with van der Waals surface area (Å²) in [5, 5.41) is 0. The van der Waals surface area contributed by atoms with Gasteiger partial charge in [0.15, 0.2) is 0 Å². The Bertz CT molecular complexity index is 2660. The number of rotatable bonds is 3. The highest BCUT2D eigenvalue weighted by atomic mass is 32.2. The predicted octanol–water partition coefficient (Wildman–Crippen LogP) is 12.0. The van der Waals surface area contributed by atoms with Gasteiger partial charge in [-0.15, -0.1) is 0 Å². The Morgan fingerprint density at radius 2 is 1.28 bits per heavy atom. The van der Waals surface area contributed by atoms with Crippen molar-refractivity contribution in [1.29, 1.82) is 0 Å². The molecule has 5 aliphatic rings. The van der Waals surface area contributed by atoms with Crippen molar-refractivity contribution in [3.63, 3.8) is 0 Å². The van der Waals surface area contributed by atoms with E-state index in [2.05, 4.69) is 162 Å². The van der Waals surface area contributed by atoms with Crippen LogP contribution in [0.1, 0.15) is 51.8 Å². The molecule has 11 rings (SSSR count). The summed E-state index contributed by atoms with van der Waals surface area (Å²) in [6.45, 7) is 4.24. The third-order valence-electron chi connectivity index (χ3n) is 11.5. The van der Waals surface area contributed by atoms with Crippen LogP contribution in [0.15, 0.2) is 186 Å². The molecule has 0 saturated heterocycles. The van der Waals surface area contributed by atoms with Crippen LogP contribution in [-0.2, 0) is 5.41 Å². The average molecular weight is 696 g/mol. The second-order valence-corrected chi connectivity index (χ2v) is 15.2. The molecule has 0 N–H and O–H groups in total. The van der Waals surface area contributed by atoms with E-state index in [1.165, 1.54) is 72.4 Å². The average Bonchev–Trinajstić information content (AvgIpc) is 3.63. The molecule has 6 aromatic rings. The highest BCUT2D eigenvalue weighted by Gasteiger charge is 2.52. The number of amidine groups is 1. The molecule has 5 aromatic carbocycles. The molecule has 0 fully saturated rings. The Morgan fingerprint density at radius 1 is 0.604 bits per heavy atom. The predicted molar refractivity (Wildman–Crippen MR) is 220 cm³/mol. The lowest BCUT2D eigenvalue weighted by Gasteiger charge is -2.33.